The number of hydrogen-bond acceptors (Lipinski definition) is 4. The van der Waals surface area contributed by atoms with Crippen LogP contribution in [0, 0.1) is 0 Å². The highest BCUT2D eigenvalue weighted by Gasteiger charge is 2.17. The molecule has 1 aromatic heterocycles. The minimum Gasteiger partial charge on any atom is -0.376 e. The summed E-state index contributed by atoms with van der Waals surface area (Å²) < 4.78 is 5.52. The van der Waals surface area contributed by atoms with Crippen LogP contribution in [0.15, 0.2) is 54.9 Å². The summed E-state index contributed by atoms with van der Waals surface area (Å²) in [5.41, 5.74) is 2.21. The molecule has 1 amide bonds. The van der Waals surface area contributed by atoms with E-state index < -0.39 is 0 Å². The second-order valence-electron chi connectivity index (χ2n) is 6.80. The number of nitrogens with one attached hydrogen (secondary N) is 2. The number of carbonyl (C=O) groups is 1. The van der Waals surface area contributed by atoms with Crippen molar-refractivity contribution in [3.63, 3.8) is 0 Å². The molecular weight excluding hydrogens is 372 g/mol. The van der Waals surface area contributed by atoms with E-state index in [1.165, 1.54) is 0 Å². The molecule has 2 heterocycles. The van der Waals surface area contributed by atoms with Crippen LogP contribution in [0.25, 0.3) is 0 Å². The lowest BCUT2D eigenvalue weighted by molar-refractivity contribution is -0.120. The van der Waals surface area contributed by atoms with Crippen LogP contribution in [-0.4, -0.2) is 46.7 Å². The van der Waals surface area contributed by atoms with Crippen molar-refractivity contribution in [2.45, 2.75) is 32.0 Å². The van der Waals surface area contributed by atoms with Gasteiger partial charge in [-0.1, -0.05) is 36.4 Å². The second-order valence-corrected chi connectivity index (χ2v) is 7.19. The molecule has 7 heteroatoms. The van der Waals surface area contributed by atoms with Crippen LogP contribution in [0.1, 0.15) is 24.0 Å². The van der Waals surface area contributed by atoms with Crippen LogP contribution in [0.3, 0.4) is 0 Å². The van der Waals surface area contributed by atoms with Crippen LogP contribution in [0.4, 0.5) is 0 Å². The summed E-state index contributed by atoms with van der Waals surface area (Å²) >= 11 is 5.57. The highest BCUT2D eigenvalue weighted by Crippen LogP contribution is 2.11. The number of ether oxygens (including phenoxy) is 1. The van der Waals surface area contributed by atoms with Crippen LogP contribution in [-0.2, 0) is 22.6 Å². The standard InChI is InChI=1S/C21H26N4O2S/c26-20(23-13-19-9-5-11-27-19)14-24-21(28)25(15-17-6-2-1-3-7-17)16-18-8-4-10-22-12-18/h1-4,6-8,10,12,19H,5,9,11,13-16H2,(H,23,26)(H,24,28). The molecule has 0 radical (unpaired) electrons. The lowest BCUT2D eigenvalue weighted by Crippen LogP contribution is -2.44. The van der Waals surface area contributed by atoms with Crippen LogP contribution >= 0.6 is 12.2 Å². The number of thiocarbonyl (C=S) groups is 1. The predicted octanol–water partition coefficient (Wildman–Crippen LogP) is 2.25. The van der Waals surface area contributed by atoms with Gasteiger partial charge in [0.15, 0.2) is 5.11 Å². The van der Waals surface area contributed by atoms with Gasteiger partial charge in [0, 0.05) is 38.6 Å². The molecule has 148 valence electrons. The van der Waals surface area contributed by atoms with E-state index in [0.29, 0.717) is 24.7 Å². The number of benzene rings is 1. The number of carbonyl (C=O) groups excluding carboxylic acids is 1. The molecule has 1 unspecified atom stereocenters. The molecule has 28 heavy (non-hydrogen) atoms. The van der Waals surface area contributed by atoms with Gasteiger partial charge >= 0.3 is 0 Å². The van der Waals surface area contributed by atoms with Gasteiger partial charge in [-0.15, -0.1) is 0 Å². The molecule has 0 spiro atoms. The lowest BCUT2D eigenvalue weighted by Gasteiger charge is -2.26. The Labute approximate surface area is 171 Å². The van der Waals surface area contributed by atoms with Crippen molar-refractivity contribution in [2.75, 3.05) is 19.7 Å². The van der Waals surface area contributed by atoms with Crippen molar-refractivity contribution in [3.8, 4) is 0 Å². The topological polar surface area (TPSA) is 66.5 Å². The average Bonchev–Trinajstić information content (AvgIpc) is 3.25. The van der Waals surface area contributed by atoms with Crippen LogP contribution in [0.2, 0.25) is 0 Å². The Kier molecular flexibility index (Phi) is 7.75. The molecular formula is C21H26N4O2S. The Morgan fingerprint density at radius 3 is 2.64 bits per heavy atom. The highest BCUT2D eigenvalue weighted by atomic mass is 32.1. The van der Waals surface area contributed by atoms with Crippen molar-refractivity contribution in [1.29, 1.82) is 0 Å². The van der Waals surface area contributed by atoms with Gasteiger partial charge in [-0.2, -0.15) is 0 Å². The normalized spacial score (nSPS) is 15.8. The molecule has 0 saturated carbocycles. The van der Waals surface area contributed by atoms with Gasteiger partial charge in [0.1, 0.15) is 0 Å². The molecule has 3 rings (SSSR count). The smallest absolute Gasteiger partial charge is 0.239 e. The van der Waals surface area contributed by atoms with Crippen LogP contribution < -0.4 is 10.6 Å². The molecule has 1 aromatic carbocycles. The van der Waals surface area contributed by atoms with Crippen molar-refractivity contribution < 1.29 is 9.53 Å². The summed E-state index contributed by atoms with van der Waals surface area (Å²) in [6, 6.07) is 14.1. The van der Waals surface area contributed by atoms with Gasteiger partial charge < -0.3 is 20.3 Å². The quantitative estimate of drug-likeness (QED) is 0.665. The van der Waals surface area contributed by atoms with Crippen molar-refractivity contribution in [1.82, 2.24) is 20.5 Å². The number of aromatic nitrogens is 1. The zero-order valence-electron chi connectivity index (χ0n) is 15.8. The third kappa shape index (κ3) is 6.58. The monoisotopic (exact) mass is 398 g/mol. The fourth-order valence-corrected chi connectivity index (χ4v) is 3.28. The maximum atomic E-state index is 12.1. The molecule has 1 aliphatic rings. The summed E-state index contributed by atoms with van der Waals surface area (Å²) in [5, 5.41) is 6.53. The van der Waals surface area contributed by atoms with E-state index in [2.05, 4.69) is 27.8 Å². The van der Waals surface area contributed by atoms with Gasteiger partial charge in [-0.05, 0) is 42.3 Å². The van der Waals surface area contributed by atoms with E-state index in [4.69, 9.17) is 17.0 Å². The minimum atomic E-state index is -0.0844. The second kappa shape index (κ2) is 10.7. The molecule has 2 aromatic rings. The zero-order chi connectivity index (χ0) is 19.6. The average molecular weight is 399 g/mol. The van der Waals surface area contributed by atoms with E-state index in [1.807, 2.05) is 41.4 Å². The number of nitrogens with zero attached hydrogens (tertiary/aromatic N) is 2. The predicted molar refractivity (Wildman–Crippen MR) is 113 cm³/mol. The van der Waals surface area contributed by atoms with Gasteiger partial charge in [0.2, 0.25) is 5.91 Å². The molecule has 1 fully saturated rings. The van der Waals surface area contributed by atoms with Crippen molar-refractivity contribution in [2.24, 2.45) is 0 Å². The molecule has 1 aliphatic heterocycles. The third-order valence-corrected chi connectivity index (χ3v) is 4.95. The van der Waals surface area contributed by atoms with E-state index in [0.717, 1.165) is 30.6 Å². The molecule has 0 aliphatic carbocycles. The SMILES string of the molecule is O=C(CNC(=S)N(Cc1ccccc1)Cc1cccnc1)NCC1CCCO1. The number of amides is 1. The number of pyridine rings is 1. The Morgan fingerprint density at radius 1 is 1.14 bits per heavy atom. The minimum absolute atomic E-state index is 0.0844. The van der Waals surface area contributed by atoms with Gasteiger partial charge in [0.25, 0.3) is 0 Å². The first-order valence-electron chi connectivity index (χ1n) is 9.54. The molecule has 1 saturated heterocycles. The Hall–Kier alpha value is -2.51. The summed E-state index contributed by atoms with van der Waals surface area (Å²) in [6.45, 7) is 2.75. The first-order chi connectivity index (χ1) is 13.7. The highest BCUT2D eigenvalue weighted by molar-refractivity contribution is 7.80. The lowest BCUT2D eigenvalue weighted by atomic mass is 10.2. The summed E-state index contributed by atoms with van der Waals surface area (Å²) in [4.78, 5) is 18.3. The Balaban J connectivity index is 1.53. The van der Waals surface area contributed by atoms with Crippen molar-refractivity contribution >= 4 is 23.2 Å². The summed E-state index contributed by atoms with van der Waals surface area (Å²) in [5.74, 6) is -0.0844. The summed E-state index contributed by atoms with van der Waals surface area (Å²) in [7, 11) is 0. The zero-order valence-corrected chi connectivity index (χ0v) is 16.7. The van der Waals surface area contributed by atoms with E-state index in [-0.39, 0.29) is 18.6 Å². The fourth-order valence-electron chi connectivity index (χ4n) is 3.08. The first-order valence-corrected chi connectivity index (χ1v) is 9.95. The van der Waals surface area contributed by atoms with Gasteiger partial charge in [0.05, 0.1) is 12.6 Å². The maximum absolute atomic E-state index is 12.1. The largest absolute Gasteiger partial charge is 0.376 e. The fraction of sp³-hybridized carbons (Fsp3) is 0.381. The number of hydrogen-bond donors (Lipinski definition) is 2. The maximum Gasteiger partial charge on any atom is 0.239 e. The van der Waals surface area contributed by atoms with Gasteiger partial charge in [-0.3, -0.25) is 9.78 Å². The molecule has 0 bridgehead atoms. The van der Waals surface area contributed by atoms with Crippen LogP contribution in [0.5, 0.6) is 0 Å². The van der Waals surface area contributed by atoms with E-state index in [9.17, 15) is 4.79 Å². The van der Waals surface area contributed by atoms with Gasteiger partial charge in [-0.25, -0.2) is 0 Å². The Bertz CT molecular complexity index is 710. The van der Waals surface area contributed by atoms with E-state index >= 15 is 0 Å². The molecule has 1 atom stereocenters. The Morgan fingerprint density at radius 2 is 1.93 bits per heavy atom. The molecule has 6 nitrogen and oxygen atoms in total. The van der Waals surface area contributed by atoms with Crippen molar-refractivity contribution in [3.05, 3.63) is 66.0 Å². The summed E-state index contributed by atoms with van der Waals surface area (Å²) in [6.07, 6.45) is 5.78. The molecule has 2 N–H and O–H groups in total. The van der Waals surface area contributed by atoms with E-state index in [1.54, 1.807) is 6.20 Å². The first kappa shape index (κ1) is 20.2. The third-order valence-electron chi connectivity index (χ3n) is 4.55. The number of rotatable bonds is 8.